The molecule has 2 aromatic rings. The number of hydrogen-bond donors (Lipinski definition) is 1. The average molecular weight is 272 g/mol. The minimum Gasteiger partial charge on any atom is -0.468 e. The first-order valence-corrected chi connectivity index (χ1v) is 7.18. The number of rotatable bonds is 7. The van der Waals surface area contributed by atoms with E-state index in [9.17, 15) is 0 Å². The Labute approximate surface area is 121 Å². The van der Waals surface area contributed by atoms with Crippen LogP contribution in [0.25, 0.3) is 0 Å². The first kappa shape index (κ1) is 14.8. The van der Waals surface area contributed by atoms with Gasteiger partial charge in [0.15, 0.2) is 0 Å². The lowest BCUT2D eigenvalue weighted by Gasteiger charge is -2.25. The van der Waals surface area contributed by atoms with Crippen molar-refractivity contribution < 1.29 is 4.42 Å². The van der Waals surface area contributed by atoms with E-state index in [0.717, 1.165) is 25.4 Å². The van der Waals surface area contributed by atoms with Crippen LogP contribution in [0.15, 0.2) is 47.1 Å². The van der Waals surface area contributed by atoms with Crippen molar-refractivity contribution in [3.63, 3.8) is 0 Å². The molecule has 1 N–H and O–H groups in total. The lowest BCUT2D eigenvalue weighted by atomic mass is 10.2. The van der Waals surface area contributed by atoms with Crippen molar-refractivity contribution in [1.82, 2.24) is 10.2 Å². The van der Waals surface area contributed by atoms with Gasteiger partial charge in [0.1, 0.15) is 5.76 Å². The molecule has 0 aliphatic heterocycles. The normalized spacial score (nSPS) is 11.4. The van der Waals surface area contributed by atoms with E-state index >= 15 is 0 Å². The maximum Gasteiger partial charge on any atom is 0.118 e. The van der Waals surface area contributed by atoms with Crippen molar-refractivity contribution in [2.45, 2.75) is 39.5 Å². The highest BCUT2D eigenvalue weighted by Gasteiger charge is 2.13. The Morgan fingerprint density at radius 2 is 1.85 bits per heavy atom. The molecule has 108 valence electrons. The topological polar surface area (TPSA) is 28.4 Å². The van der Waals surface area contributed by atoms with Crippen LogP contribution in [0, 0.1) is 0 Å². The van der Waals surface area contributed by atoms with Crippen LogP contribution in [0.1, 0.15) is 30.7 Å². The predicted octanol–water partition coefficient (Wildman–Crippen LogP) is 3.41. The van der Waals surface area contributed by atoms with Crippen LogP contribution in [0.4, 0.5) is 0 Å². The van der Waals surface area contributed by atoms with E-state index in [2.05, 4.69) is 60.5 Å². The van der Waals surface area contributed by atoms with E-state index in [4.69, 9.17) is 4.42 Å². The van der Waals surface area contributed by atoms with Crippen molar-refractivity contribution in [3.8, 4) is 0 Å². The number of nitrogens with zero attached hydrogens (tertiary/aromatic N) is 1. The van der Waals surface area contributed by atoms with Gasteiger partial charge in [-0.25, -0.2) is 0 Å². The van der Waals surface area contributed by atoms with E-state index in [1.165, 1.54) is 11.1 Å². The van der Waals surface area contributed by atoms with E-state index in [0.29, 0.717) is 6.04 Å². The highest BCUT2D eigenvalue weighted by Crippen LogP contribution is 2.15. The van der Waals surface area contributed by atoms with E-state index < -0.39 is 0 Å². The van der Waals surface area contributed by atoms with Crippen molar-refractivity contribution in [2.24, 2.45) is 0 Å². The molecule has 1 aromatic heterocycles. The summed E-state index contributed by atoms with van der Waals surface area (Å²) in [4.78, 5) is 2.41. The zero-order chi connectivity index (χ0) is 14.4. The Hall–Kier alpha value is -1.58. The Morgan fingerprint density at radius 3 is 2.50 bits per heavy atom. The highest BCUT2D eigenvalue weighted by molar-refractivity contribution is 5.16. The number of hydrogen-bond acceptors (Lipinski definition) is 3. The smallest absolute Gasteiger partial charge is 0.118 e. The second-order valence-corrected chi connectivity index (χ2v) is 5.44. The van der Waals surface area contributed by atoms with Crippen LogP contribution in [0.5, 0.6) is 0 Å². The molecular formula is C17H24N2O. The molecule has 0 radical (unpaired) electrons. The first-order chi connectivity index (χ1) is 9.69. The lowest BCUT2D eigenvalue weighted by Crippen LogP contribution is -2.29. The van der Waals surface area contributed by atoms with Crippen LogP contribution >= 0.6 is 0 Å². The van der Waals surface area contributed by atoms with E-state index in [-0.39, 0.29) is 0 Å². The summed E-state index contributed by atoms with van der Waals surface area (Å²) < 4.78 is 5.65. The summed E-state index contributed by atoms with van der Waals surface area (Å²) in [5.41, 5.74) is 2.54. The van der Waals surface area contributed by atoms with Crippen molar-refractivity contribution in [2.75, 3.05) is 7.05 Å². The monoisotopic (exact) mass is 272 g/mol. The maximum atomic E-state index is 5.65. The van der Waals surface area contributed by atoms with Gasteiger partial charge in [-0.05, 0) is 32.5 Å². The van der Waals surface area contributed by atoms with Crippen molar-refractivity contribution >= 4 is 0 Å². The maximum absolute atomic E-state index is 5.65. The molecule has 20 heavy (non-hydrogen) atoms. The van der Waals surface area contributed by atoms with E-state index in [1.54, 1.807) is 0 Å². The molecule has 0 aliphatic rings. The summed E-state index contributed by atoms with van der Waals surface area (Å²) in [5.74, 6) is 1.03. The molecule has 0 saturated carbocycles. The van der Waals surface area contributed by atoms with Gasteiger partial charge in [-0.15, -0.1) is 0 Å². The number of furan rings is 1. The Kier molecular flexibility index (Phi) is 5.39. The van der Waals surface area contributed by atoms with Crippen LogP contribution in [-0.2, 0) is 19.6 Å². The van der Waals surface area contributed by atoms with Gasteiger partial charge in [-0.1, -0.05) is 30.3 Å². The minimum atomic E-state index is 0.480. The van der Waals surface area contributed by atoms with Gasteiger partial charge in [0.05, 0.1) is 12.8 Å². The molecule has 2 rings (SSSR count). The molecule has 0 saturated heterocycles. The van der Waals surface area contributed by atoms with Gasteiger partial charge in [0.2, 0.25) is 0 Å². The molecule has 0 atom stereocenters. The zero-order valence-corrected chi connectivity index (χ0v) is 12.6. The quantitative estimate of drug-likeness (QED) is 0.837. The molecule has 3 heteroatoms. The third kappa shape index (κ3) is 4.22. The molecule has 0 fully saturated rings. The zero-order valence-electron chi connectivity index (χ0n) is 12.6. The highest BCUT2D eigenvalue weighted by atomic mass is 16.3. The fourth-order valence-electron chi connectivity index (χ4n) is 2.25. The predicted molar refractivity (Wildman–Crippen MR) is 82.3 cm³/mol. The summed E-state index contributed by atoms with van der Waals surface area (Å²) in [6.07, 6.45) is 1.84. The van der Waals surface area contributed by atoms with Crippen LogP contribution in [-0.4, -0.2) is 18.0 Å². The van der Waals surface area contributed by atoms with Gasteiger partial charge in [0.25, 0.3) is 0 Å². The molecule has 0 bridgehead atoms. The molecule has 0 aliphatic carbocycles. The molecule has 0 amide bonds. The third-order valence-electron chi connectivity index (χ3n) is 3.41. The van der Waals surface area contributed by atoms with Gasteiger partial charge in [0, 0.05) is 24.7 Å². The third-order valence-corrected chi connectivity index (χ3v) is 3.41. The molecule has 0 spiro atoms. The fourth-order valence-corrected chi connectivity index (χ4v) is 2.25. The van der Waals surface area contributed by atoms with Gasteiger partial charge >= 0.3 is 0 Å². The van der Waals surface area contributed by atoms with Crippen LogP contribution < -0.4 is 5.32 Å². The number of benzene rings is 1. The van der Waals surface area contributed by atoms with Crippen LogP contribution in [0.3, 0.4) is 0 Å². The standard InChI is InChI=1S/C17H24N2O/c1-14(2)19(11-15-7-5-4-6-8-15)12-17-9-16(10-18-3)13-20-17/h4-9,13-14,18H,10-12H2,1-3H3. The summed E-state index contributed by atoms with van der Waals surface area (Å²) in [7, 11) is 1.95. The minimum absolute atomic E-state index is 0.480. The second kappa shape index (κ2) is 7.27. The molecule has 3 nitrogen and oxygen atoms in total. The molecule has 0 unspecified atom stereocenters. The summed E-state index contributed by atoms with van der Waals surface area (Å²) in [5, 5.41) is 3.14. The van der Waals surface area contributed by atoms with Crippen molar-refractivity contribution in [1.29, 1.82) is 0 Å². The Balaban J connectivity index is 2.01. The fraction of sp³-hybridized carbons (Fsp3) is 0.412. The summed E-state index contributed by atoms with van der Waals surface area (Å²) in [6, 6.07) is 13.2. The van der Waals surface area contributed by atoms with Gasteiger partial charge < -0.3 is 9.73 Å². The Morgan fingerprint density at radius 1 is 1.10 bits per heavy atom. The summed E-state index contributed by atoms with van der Waals surface area (Å²) in [6.45, 7) is 7.08. The SMILES string of the molecule is CNCc1coc(CN(Cc2ccccc2)C(C)C)c1. The van der Waals surface area contributed by atoms with Gasteiger partial charge in [-0.3, -0.25) is 4.90 Å². The largest absolute Gasteiger partial charge is 0.468 e. The Bertz CT molecular complexity index is 505. The second-order valence-electron chi connectivity index (χ2n) is 5.44. The molecule has 1 heterocycles. The first-order valence-electron chi connectivity index (χ1n) is 7.18. The summed E-state index contributed by atoms with van der Waals surface area (Å²) >= 11 is 0. The van der Waals surface area contributed by atoms with E-state index in [1.807, 2.05) is 13.3 Å². The number of nitrogens with one attached hydrogen (secondary N) is 1. The molecule has 1 aromatic carbocycles. The average Bonchev–Trinajstić information content (AvgIpc) is 2.87. The lowest BCUT2D eigenvalue weighted by molar-refractivity contribution is 0.188. The van der Waals surface area contributed by atoms with Crippen LogP contribution in [0.2, 0.25) is 0 Å². The van der Waals surface area contributed by atoms with Gasteiger partial charge in [-0.2, -0.15) is 0 Å². The van der Waals surface area contributed by atoms with Crippen molar-refractivity contribution in [3.05, 3.63) is 59.5 Å². The molecular weight excluding hydrogens is 248 g/mol.